The molecule has 1 rings (SSSR count). The maximum absolute atomic E-state index is 10.9. The van der Waals surface area contributed by atoms with E-state index in [1.165, 1.54) is 13.8 Å². The Kier molecular flexibility index (Phi) is 6.45. The van der Waals surface area contributed by atoms with Crippen LogP contribution in [-0.4, -0.2) is 75.7 Å². The molecule has 1 unspecified atom stereocenters. The Bertz CT molecular complexity index is 379. The minimum Gasteiger partial charge on any atom is -0.479 e. The average molecular weight is 308 g/mol. The van der Waals surface area contributed by atoms with Crippen molar-refractivity contribution in [2.75, 3.05) is 6.61 Å². The number of nitrogens with one attached hydrogen (secondary N) is 2. The minimum absolute atomic E-state index is 0.467. The highest BCUT2D eigenvalue weighted by Crippen LogP contribution is 2.23. The molecule has 0 radical (unpaired) electrons. The first-order chi connectivity index (χ1) is 9.77. The second-order valence-electron chi connectivity index (χ2n) is 4.67. The van der Waals surface area contributed by atoms with Crippen molar-refractivity contribution in [2.45, 2.75) is 50.6 Å². The van der Waals surface area contributed by atoms with Gasteiger partial charge in [0.15, 0.2) is 12.4 Å². The number of carbonyl (C=O) groups excluding carboxylic acids is 1. The molecule has 1 aliphatic rings. The zero-order valence-corrected chi connectivity index (χ0v) is 11.6. The average Bonchev–Trinajstić information content (AvgIpc) is 2.41. The molecule has 6 atom stereocenters. The summed E-state index contributed by atoms with van der Waals surface area (Å²) in [4.78, 5) is 21.7. The van der Waals surface area contributed by atoms with Crippen LogP contribution in [0.1, 0.15) is 13.8 Å². The predicted octanol–water partition coefficient (Wildman–Crippen LogP) is -3.08. The summed E-state index contributed by atoms with van der Waals surface area (Å²) in [6.07, 6.45) is -6.55. The number of amides is 1. The number of aliphatic carboxylic acids is 1. The van der Waals surface area contributed by atoms with Crippen LogP contribution < -0.4 is 10.9 Å². The van der Waals surface area contributed by atoms with Gasteiger partial charge >= 0.3 is 5.97 Å². The number of rotatable bonds is 6. The summed E-state index contributed by atoms with van der Waals surface area (Å²) >= 11 is 0. The van der Waals surface area contributed by atoms with Gasteiger partial charge in [-0.2, -0.15) is 0 Å². The molecule has 0 aromatic rings. The van der Waals surface area contributed by atoms with Gasteiger partial charge in [0, 0.05) is 6.92 Å². The lowest BCUT2D eigenvalue weighted by molar-refractivity contribution is -0.269. The van der Waals surface area contributed by atoms with Gasteiger partial charge in [-0.3, -0.25) is 10.2 Å². The van der Waals surface area contributed by atoms with Gasteiger partial charge in [0.1, 0.15) is 24.4 Å². The maximum atomic E-state index is 10.9. The molecule has 0 saturated carbocycles. The smallest absolute Gasteiger partial charge is 0.332 e. The van der Waals surface area contributed by atoms with E-state index in [2.05, 4.69) is 10.9 Å². The van der Waals surface area contributed by atoms with Crippen LogP contribution in [-0.2, 0) is 19.1 Å². The van der Waals surface area contributed by atoms with Gasteiger partial charge in [0.25, 0.3) is 0 Å². The molecule has 1 aliphatic heterocycles. The number of carboxylic acid groups (broad SMARTS) is 1. The minimum atomic E-state index is -1.52. The van der Waals surface area contributed by atoms with Crippen molar-refractivity contribution in [3.63, 3.8) is 0 Å². The molecular formula is C11H20N2O8. The molecule has 0 bridgehead atoms. The van der Waals surface area contributed by atoms with E-state index in [1.54, 1.807) is 0 Å². The van der Waals surface area contributed by atoms with Crippen LogP contribution in [0.3, 0.4) is 0 Å². The topological polar surface area (TPSA) is 158 Å². The van der Waals surface area contributed by atoms with Gasteiger partial charge in [0.2, 0.25) is 5.91 Å². The summed E-state index contributed by atoms with van der Waals surface area (Å²) in [6.45, 7) is 1.87. The molecular weight excluding hydrogens is 288 g/mol. The lowest BCUT2D eigenvalue weighted by atomic mass is 9.97. The van der Waals surface area contributed by atoms with E-state index < -0.39 is 55.2 Å². The van der Waals surface area contributed by atoms with Crippen LogP contribution in [0.25, 0.3) is 0 Å². The van der Waals surface area contributed by atoms with Crippen LogP contribution in [0, 0.1) is 0 Å². The zero-order valence-electron chi connectivity index (χ0n) is 11.6. The number of hydrogen-bond donors (Lipinski definition) is 6. The standard InChI is InChI=1S/C11H20N2O8/c1-4(10(17)18)20-9-7(13-12-5(2)15)11(19)21-6(3-14)8(9)16/h4,6-9,11,13-14,16,19H,3H2,1-2H3,(H,12,15)(H,17,18)/t4-,6-,7-,8-,9-,11?/m1/s1. The molecule has 1 amide bonds. The Morgan fingerprint density at radius 3 is 2.48 bits per heavy atom. The molecule has 0 aromatic heterocycles. The van der Waals surface area contributed by atoms with Crippen molar-refractivity contribution >= 4 is 11.9 Å². The second kappa shape index (κ2) is 7.64. The fourth-order valence-electron chi connectivity index (χ4n) is 1.88. The fraction of sp³-hybridized carbons (Fsp3) is 0.818. The van der Waals surface area contributed by atoms with Crippen molar-refractivity contribution in [3.8, 4) is 0 Å². The van der Waals surface area contributed by atoms with Gasteiger partial charge in [0.05, 0.1) is 6.61 Å². The Morgan fingerprint density at radius 1 is 1.38 bits per heavy atom. The van der Waals surface area contributed by atoms with Gasteiger partial charge < -0.3 is 29.9 Å². The monoisotopic (exact) mass is 308 g/mol. The van der Waals surface area contributed by atoms with Crippen molar-refractivity contribution in [1.82, 2.24) is 10.9 Å². The third-order valence-corrected chi connectivity index (χ3v) is 3.00. The molecule has 122 valence electrons. The quantitative estimate of drug-likeness (QED) is 0.280. The summed E-state index contributed by atoms with van der Waals surface area (Å²) in [7, 11) is 0. The van der Waals surface area contributed by atoms with Gasteiger partial charge in [-0.25, -0.2) is 10.2 Å². The lowest BCUT2D eigenvalue weighted by Crippen LogP contribution is -2.67. The van der Waals surface area contributed by atoms with E-state index in [-0.39, 0.29) is 0 Å². The third kappa shape index (κ3) is 4.59. The molecule has 1 saturated heterocycles. The molecule has 6 N–H and O–H groups in total. The Morgan fingerprint density at radius 2 is 2.00 bits per heavy atom. The summed E-state index contributed by atoms with van der Waals surface area (Å²) in [5.41, 5.74) is 4.61. The first-order valence-corrected chi connectivity index (χ1v) is 6.30. The predicted molar refractivity (Wildman–Crippen MR) is 66.7 cm³/mol. The maximum Gasteiger partial charge on any atom is 0.332 e. The van der Waals surface area contributed by atoms with Crippen LogP contribution in [0.2, 0.25) is 0 Å². The van der Waals surface area contributed by atoms with E-state index >= 15 is 0 Å². The van der Waals surface area contributed by atoms with E-state index in [0.29, 0.717) is 0 Å². The molecule has 10 nitrogen and oxygen atoms in total. The first-order valence-electron chi connectivity index (χ1n) is 6.30. The normalized spacial score (nSPS) is 34.2. The second-order valence-corrected chi connectivity index (χ2v) is 4.67. The number of carbonyl (C=O) groups is 2. The molecule has 21 heavy (non-hydrogen) atoms. The van der Waals surface area contributed by atoms with E-state index in [9.17, 15) is 19.8 Å². The lowest BCUT2D eigenvalue weighted by Gasteiger charge is -2.43. The first kappa shape index (κ1) is 17.8. The number of carboxylic acids is 1. The van der Waals surface area contributed by atoms with Crippen molar-refractivity contribution in [2.24, 2.45) is 0 Å². The van der Waals surface area contributed by atoms with E-state index in [4.69, 9.17) is 19.7 Å². The van der Waals surface area contributed by atoms with E-state index in [1.807, 2.05) is 0 Å². The SMILES string of the molecule is CC(=O)NN[C@H]1C(O)O[C@H](CO)[C@@H](O)[C@@H]1O[C@H](C)C(=O)O. The Hall–Kier alpha value is -1.30. The molecule has 0 spiro atoms. The van der Waals surface area contributed by atoms with Crippen LogP contribution in [0.5, 0.6) is 0 Å². The van der Waals surface area contributed by atoms with Crippen molar-refractivity contribution in [1.29, 1.82) is 0 Å². The van der Waals surface area contributed by atoms with Crippen molar-refractivity contribution < 1.29 is 39.5 Å². The molecule has 0 aromatic carbocycles. The summed E-state index contributed by atoms with van der Waals surface area (Å²) < 4.78 is 10.2. The number of aliphatic hydroxyl groups excluding tert-OH is 3. The highest BCUT2D eigenvalue weighted by atomic mass is 16.6. The number of hydrazine groups is 1. The van der Waals surface area contributed by atoms with Gasteiger partial charge in [-0.1, -0.05) is 0 Å². The number of aliphatic hydroxyl groups is 3. The molecule has 1 fully saturated rings. The van der Waals surface area contributed by atoms with Gasteiger partial charge in [-0.05, 0) is 6.92 Å². The third-order valence-electron chi connectivity index (χ3n) is 3.00. The zero-order chi connectivity index (χ0) is 16.2. The number of hydrogen-bond acceptors (Lipinski definition) is 8. The van der Waals surface area contributed by atoms with Gasteiger partial charge in [-0.15, -0.1) is 0 Å². The van der Waals surface area contributed by atoms with Crippen LogP contribution in [0.4, 0.5) is 0 Å². The molecule has 10 heteroatoms. The van der Waals surface area contributed by atoms with Crippen LogP contribution >= 0.6 is 0 Å². The Labute approximate surface area is 120 Å². The highest BCUT2D eigenvalue weighted by Gasteiger charge is 2.46. The van der Waals surface area contributed by atoms with Crippen molar-refractivity contribution in [3.05, 3.63) is 0 Å². The summed E-state index contributed by atoms with van der Waals surface area (Å²) in [5, 5.41) is 37.8. The van der Waals surface area contributed by atoms with E-state index in [0.717, 1.165) is 0 Å². The highest BCUT2D eigenvalue weighted by molar-refractivity contribution is 5.72. The summed E-state index contributed by atoms with van der Waals surface area (Å²) in [5.74, 6) is -1.73. The van der Waals surface area contributed by atoms with Crippen LogP contribution in [0.15, 0.2) is 0 Å². The molecule has 1 heterocycles. The largest absolute Gasteiger partial charge is 0.479 e. The Balaban J connectivity index is 2.88. The molecule has 0 aliphatic carbocycles. The number of ether oxygens (including phenoxy) is 2. The summed E-state index contributed by atoms with van der Waals surface area (Å²) in [6, 6.07) is -1.12. The fourth-order valence-corrected chi connectivity index (χ4v) is 1.88.